The SMILES string of the molecule is Cl.NCc1cnc(-c2ccc(O[C@H]3CCN(C(=O)O)C3)cc2)s1. The minimum Gasteiger partial charge on any atom is -0.489 e. The number of aromatic nitrogens is 1. The molecule has 3 rings (SSSR count). The van der Waals surface area contributed by atoms with Crippen molar-refractivity contribution in [3.05, 3.63) is 35.3 Å². The molecule has 2 heterocycles. The number of halogens is 1. The van der Waals surface area contributed by atoms with Gasteiger partial charge in [0.2, 0.25) is 0 Å². The summed E-state index contributed by atoms with van der Waals surface area (Å²) in [6.45, 7) is 1.45. The Morgan fingerprint density at radius 3 is 2.74 bits per heavy atom. The van der Waals surface area contributed by atoms with E-state index in [-0.39, 0.29) is 18.5 Å². The third kappa shape index (κ3) is 4.13. The highest BCUT2D eigenvalue weighted by Crippen LogP contribution is 2.27. The first-order valence-corrected chi connectivity index (χ1v) is 7.87. The summed E-state index contributed by atoms with van der Waals surface area (Å²) in [5.74, 6) is 0.747. The van der Waals surface area contributed by atoms with Crippen LogP contribution in [0.2, 0.25) is 0 Å². The molecule has 0 radical (unpaired) electrons. The molecule has 1 amide bonds. The molecule has 1 aliphatic rings. The first-order valence-electron chi connectivity index (χ1n) is 7.05. The molecular weight excluding hydrogens is 338 g/mol. The summed E-state index contributed by atoms with van der Waals surface area (Å²) in [4.78, 5) is 17.7. The third-order valence-electron chi connectivity index (χ3n) is 3.57. The molecule has 1 aromatic heterocycles. The summed E-state index contributed by atoms with van der Waals surface area (Å²) >= 11 is 1.58. The summed E-state index contributed by atoms with van der Waals surface area (Å²) in [6, 6.07) is 7.70. The van der Waals surface area contributed by atoms with Crippen LogP contribution in [-0.2, 0) is 6.54 Å². The van der Waals surface area contributed by atoms with Crippen LogP contribution in [0.4, 0.5) is 4.79 Å². The van der Waals surface area contributed by atoms with Crippen LogP contribution in [0.5, 0.6) is 5.75 Å². The van der Waals surface area contributed by atoms with E-state index in [0.717, 1.165) is 27.6 Å². The monoisotopic (exact) mass is 355 g/mol. The van der Waals surface area contributed by atoms with Crippen LogP contribution in [0.25, 0.3) is 10.6 Å². The number of carboxylic acid groups (broad SMARTS) is 1. The molecule has 0 aliphatic carbocycles. The molecule has 0 saturated carbocycles. The maximum absolute atomic E-state index is 10.9. The molecule has 124 valence electrons. The van der Waals surface area contributed by atoms with Gasteiger partial charge in [0, 0.05) is 36.1 Å². The van der Waals surface area contributed by atoms with Crippen molar-refractivity contribution in [3.8, 4) is 16.3 Å². The van der Waals surface area contributed by atoms with E-state index in [1.165, 1.54) is 4.90 Å². The van der Waals surface area contributed by atoms with E-state index in [0.29, 0.717) is 19.6 Å². The Bertz CT molecular complexity index is 662. The lowest BCUT2D eigenvalue weighted by Crippen LogP contribution is -2.29. The predicted molar refractivity (Wildman–Crippen MR) is 91.3 cm³/mol. The number of nitrogens with zero attached hydrogens (tertiary/aromatic N) is 2. The number of amides is 1. The van der Waals surface area contributed by atoms with Gasteiger partial charge in [-0.3, -0.25) is 0 Å². The number of hydrogen-bond donors (Lipinski definition) is 2. The van der Waals surface area contributed by atoms with Crippen molar-refractivity contribution in [2.75, 3.05) is 13.1 Å². The summed E-state index contributed by atoms with van der Waals surface area (Å²) in [6.07, 6.45) is 1.55. The highest BCUT2D eigenvalue weighted by molar-refractivity contribution is 7.15. The van der Waals surface area contributed by atoms with E-state index in [9.17, 15) is 4.79 Å². The van der Waals surface area contributed by atoms with Gasteiger partial charge < -0.3 is 20.5 Å². The maximum Gasteiger partial charge on any atom is 0.407 e. The second-order valence-corrected chi connectivity index (χ2v) is 6.23. The van der Waals surface area contributed by atoms with Crippen molar-refractivity contribution in [2.24, 2.45) is 5.73 Å². The van der Waals surface area contributed by atoms with Crippen LogP contribution in [0.3, 0.4) is 0 Å². The number of thiazole rings is 1. The second-order valence-electron chi connectivity index (χ2n) is 5.12. The number of ether oxygens (including phenoxy) is 1. The summed E-state index contributed by atoms with van der Waals surface area (Å²) in [5.41, 5.74) is 6.62. The summed E-state index contributed by atoms with van der Waals surface area (Å²) in [5, 5.41) is 9.87. The van der Waals surface area contributed by atoms with Crippen LogP contribution in [0.1, 0.15) is 11.3 Å². The number of likely N-dealkylation sites (tertiary alicyclic amines) is 1. The van der Waals surface area contributed by atoms with Gasteiger partial charge in [-0.15, -0.1) is 23.7 Å². The standard InChI is InChI=1S/C15H17N3O3S.ClH/c16-7-13-8-17-14(22-13)10-1-3-11(4-2-10)21-12-5-6-18(9-12)15(19)20;/h1-4,8,12H,5-7,9,16H2,(H,19,20);1H/t12-;/m0./s1. The van der Waals surface area contributed by atoms with Gasteiger partial charge in [-0.2, -0.15) is 0 Å². The van der Waals surface area contributed by atoms with Gasteiger partial charge in [-0.05, 0) is 24.3 Å². The van der Waals surface area contributed by atoms with Crippen LogP contribution in [0.15, 0.2) is 30.5 Å². The Balaban J connectivity index is 0.00000192. The number of benzene rings is 1. The third-order valence-corrected chi connectivity index (χ3v) is 4.64. The molecular formula is C15H18ClN3O3S. The molecule has 6 nitrogen and oxygen atoms in total. The largest absolute Gasteiger partial charge is 0.489 e. The summed E-state index contributed by atoms with van der Waals surface area (Å²) in [7, 11) is 0. The number of hydrogen-bond acceptors (Lipinski definition) is 5. The molecule has 1 fully saturated rings. The molecule has 1 atom stereocenters. The Hall–Kier alpha value is -1.83. The zero-order chi connectivity index (χ0) is 15.5. The zero-order valence-corrected chi connectivity index (χ0v) is 14.0. The van der Waals surface area contributed by atoms with Gasteiger partial charge in [0.15, 0.2) is 0 Å². The Labute approximate surface area is 144 Å². The highest BCUT2D eigenvalue weighted by atomic mass is 35.5. The number of carbonyl (C=O) groups is 1. The topological polar surface area (TPSA) is 88.7 Å². The van der Waals surface area contributed by atoms with Gasteiger partial charge >= 0.3 is 6.09 Å². The van der Waals surface area contributed by atoms with Crippen LogP contribution < -0.4 is 10.5 Å². The van der Waals surface area contributed by atoms with E-state index in [1.807, 2.05) is 24.3 Å². The lowest BCUT2D eigenvalue weighted by atomic mass is 10.2. The van der Waals surface area contributed by atoms with Crippen molar-refractivity contribution in [1.82, 2.24) is 9.88 Å². The van der Waals surface area contributed by atoms with Gasteiger partial charge in [0.05, 0.1) is 6.54 Å². The average Bonchev–Trinajstić information content (AvgIpc) is 3.17. The van der Waals surface area contributed by atoms with E-state index in [2.05, 4.69) is 4.98 Å². The van der Waals surface area contributed by atoms with Crippen molar-refractivity contribution in [1.29, 1.82) is 0 Å². The lowest BCUT2D eigenvalue weighted by Gasteiger charge is -2.14. The molecule has 0 spiro atoms. The molecule has 1 aromatic carbocycles. The van der Waals surface area contributed by atoms with Crippen molar-refractivity contribution in [3.63, 3.8) is 0 Å². The van der Waals surface area contributed by atoms with Crippen molar-refractivity contribution < 1.29 is 14.6 Å². The highest BCUT2D eigenvalue weighted by Gasteiger charge is 2.27. The smallest absolute Gasteiger partial charge is 0.407 e. The Morgan fingerprint density at radius 2 is 2.17 bits per heavy atom. The quantitative estimate of drug-likeness (QED) is 0.880. The number of nitrogens with two attached hydrogens (primary N) is 1. The normalized spacial score (nSPS) is 16.9. The fourth-order valence-corrected chi connectivity index (χ4v) is 3.20. The number of rotatable bonds is 4. The van der Waals surface area contributed by atoms with Crippen LogP contribution in [0, 0.1) is 0 Å². The first-order chi connectivity index (χ1) is 10.7. The fourth-order valence-electron chi connectivity index (χ4n) is 2.40. The molecule has 23 heavy (non-hydrogen) atoms. The van der Waals surface area contributed by atoms with Gasteiger partial charge in [0.25, 0.3) is 0 Å². The van der Waals surface area contributed by atoms with E-state index in [4.69, 9.17) is 15.6 Å². The van der Waals surface area contributed by atoms with Crippen LogP contribution >= 0.6 is 23.7 Å². The van der Waals surface area contributed by atoms with E-state index >= 15 is 0 Å². The lowest BCUT2D eigenvalue weighted by molar-refractivity contribution is 0.145. The molecule has 3 N–H and O–H groups in total. The molecule has 2 aromatic rings. The Kier molecular flexibility index (Phi) is 5.81. The molecule has 8 heteroatoms. The molecule has 1 aliphatic heterocycles. The average molecular weight is 356 g/mol. The minimum atomic E-state index is -0.888. The molecule has 1 saturated heterocycles. The fraction of sp³-hybridized carbons (Fsp3) is 0.333. The first kappa shape index (κ1) is 17.5. The second kappa shape index (κ2) is 7.63. The molecule has 0 unspecified atom stereocenters. The Morgan fingerprint density at radius 1 is 1.43 bits per heavy atom. The zero-order valence-electron chi connectivity index (χ0n) is 12.3. The van der Waals surface area contributed by atoms with Gasteiger partial charge in [-0.25, -0.2) is 9.78 Å². The van der Waals surface area contributed by atoms with E-state index < -0.39 is 6.09 Å². The van der Waals surface area contributed by atoms with Crippen molar-refractivity contribution in [2.45, 2.75) is 19.1 Å². The van der Waals surface area contributed by atoms with Gasteiger partial charge in [0.1, 0.15) is 16.9 Å². The molecule has 0 bridgehead atoms. The minimum absolute atomic E-state index is 0. The van der Waals surface area contributed by atoms with Crippen LogP contribution in [-0.4, -0.2) is 40.3 Å². The van der Waals surface area contributed by atoms with Crippen molar-refractivity contribution >= 4 is 29.8 Å². The predicted octanol–water partition coefficient (Wildman–Crippen LogP) is 2.82. The van der Waals surface area contributed by atoms with E-state index in [1.54, 1.807) is 17.5 Å². The maximum atomic E-state index is 10.9. The summed E-state index contributed by atoms with van der Waals surface area (Å²) < 4.78 is 5.83. The van der Waals surface area contributed by atoms with Gasteiger partial charge in [-0.1, -0.05) is 0 Å².